The number of hydrogen-bond donors (Lipinski definition) is 0. The predicted octanol–water partition coefficient (Wildman–Crippen LogP) is 3.68. The second-order valence-corrected chi connectivity index (χ2v) is 9.75. The average molecular weight is 375 g/mol. The van der Waals surface area contributed by atoms with Crippen molar-refractivity contribution >= 4 is 29.0 Å². The maximum absolute atomic E-state index is 12.5. The van der Waals surface area contributed by atoms with E-state index in [9.17, 15) is 4.79 Å². The number of nitrogens with zero attached hydrogens (tertiary/aromatic N) is 2. The molecule has 0 N–H and O–H groups in total. The Labute approximate surface area is 156 Å². The smallest absolute Gasteiger partial charge is 0.264 e. The van der Waals surface area contributed by atoms with E-state index >= 15 is 0 Å². The second kappa shape index (κ2) is 6.74. The lowest BCUT2D eigenvalue weighted by Crippen LogP contribution is -2.60. The molecular formula is C19H22N2O2S2. The van der Waals surface area contributed by atoms with Crippen LogP contribution in [0, 0.1) is 13.8 Å². The van der Waals surface area contributed by atoms with Gasteiger partial charge >= 0.3 is 0 Å². The van der Waals surface area contributed by atoms with Gasteiger partial charge in [-0.05, 0) is 44.5 Å². The number of aryl methyl sites for hydroxylation is 2. The van der Waals surface area contributed by atoms with Crippen molar-refractivity contribution in [2.24, 2.45) is 0 Å². The molecule has 2 aromatic rings. The Morgan fingerprint density at radius 2 is 2.16 bits per heavy atom. The highest BCUT2D eigenvalue weighted by molar-refractivity contribution is 8.01. The summed E-state index contributed by atoms with van der Waals surface area (Å²) in [5.41, 5.74) is 2.01. The molecule has 1 spiro atoms. The molecule has 25 heavy (non-hydrogen) atoms. The average Bonchev–Trinajstić information content (AvgIpc) is 3.18. The van der Waals surface area contributed by atoms with Crippen molar-refractivity contribution in [3.8, 4) is 0 Å². The van der Waals surface area contributed by atoms with Gasteiger partial charge in [-0.15, -0.1) is 23.1 Å². The summed E-state index contributed by atoms with van der Waals surface area (Å²) < 4.78 is 6.28. The molecule has 2 fully saturated rings. The summed E-state index contributed by atoms with van der Waals surface area (Å²) in [4.78, 5) is 21.0. The number of pyridine rings is 1. The fraction of sp³-hybridized carbons (Fsp3) is 0.474. The van der Waals surface area contributed by atoms with E-state index in [1.54, 1.807) is 11.3 Å². The molecule has 6 heteroatoms. The summed E-state index contributed by atoms with van der Waals surface area (Å²) in [5, 5.41) is 0. The van der Waals surface area contributed by atoms with Crippen LogP contribution >= 0.6 is 23.1 Å². The number of thioether (sulfide) groups is 1. The Bertz CT molecular complexity index is 783. The van der Waals surface area contributed by atoms with Gasteiger partial charge in [-0.3, -0.25) is 9.78 Å². The fourth-order valence-electron chi connectivity index (χ4n) is 3.51. The van der Waals surface area contributed by atoms with Gasteiger partial charge in [-0.25, -0.2) is 0 Å². The van der Waals surface area contributed by atoms with Gasteiger partial charge in [0, 0.05) is 29.4 Å². The minimum Gasteiger partial charge on any atom is -0.371 e. The van der Waals surface area contributed by atoms with Gasteiger partial charge < -0.3 is 9.64 Å². The van der Waals surface area contributed by atoms with Crippen LogP contribution < -0.4 is 0 Å². The number of amides is 1. The molecule has 2 saturated heterocycles. The van der Waals surface area contributed by atoms with Gasteiger partial charge in [-0.2, -0.15) is 0 Å². The lowest BCUT2D eigenvalue weighted by molar-refractivity contribution is 0.0246. The number of aromatic nitrogens is 1. The molecule has 4 rings (SSSR count). The number of thiophene rings is 1. The first-order valence-electron chi connectivity index (χ1n) is 8.57. The summed E-state index contributed by atoms with van der Waals surface area (Å²) >= 11 is 3.55. The van der Waals surface area contributed by atoms with Crippen LogP contribution in [-0.4, -0.2) is 45.5 Å². The summed E-state index contributed by atoms with van der Waals surface area (Å²) in [6, 6.07) is 9.99. The number of hydrogen-bond acceptors (Lipinski definition) is 5. The number of rotatable bonds is 4. The van der Waals surface area contributed by atoms with Crippen molar-refractivity contribution in [2.45, 2.75) is 37.7 Å². The topological polar surface area (TPSA) is 42.4 Å². The lowest BCUT2D eigenvalue weighted by atomic mass is 9.92. The Kier molecular flexibility index (Phi) is 4.60. The van der Waals surface area contributed by atoms with Crippen LogP contribution in [0.25, 0.3) is 0 Å². The zero-order valence-corrected chi connectivity index (χ0v) is 16.2. The highest BCUT2D eigenvalue weighted by atomic mass is 32.2. The van der Waals surface area contributed by atoms with E-state index < -0.39 is 0 Å². The quantitative estimate of drug-likeness (QED) is 0.819. The SMILES string of the molecule is Cc1cccc(COC2CSC3(C2)CN(C(=O)c2ccc(C)s2)C3)n1. The molecule has 0 bridgehead atoms. The third-order valence-corrected chi connectivity index (χ3v) is 7.35. The monoisotopic (exact) mass is 374 g/mol. The summed E-state index contributed by atoms with van der Waals surface area (Å²) in [6.45, 7) is 6.29. The van der Waals surface area contributed by atoms with E-state index in [2.05, 4.69) is 4.98 Å². The molecule has 2 aromatic heterocycles. The Morgan fingerprint density at radius 1 is 1.32 bits per heavy atom. The van der Waals surface area contributed by atoms with E-state index in [-0.39, 0.29) is 16.8 Å². The molecule has 1 unspecified atom stereocenters. The standard InChI is InChI=1S/C19H22N2O2S2/c1-13-4-3-5-15(20-13)9-23-16-8-19(24-10-16)11-21(12-19)18(22)17-7-6-14(2)25-17/h3-7,16H,8-12H2,1-2H3. The maximum Gasteiger partial charge on any atom is 0.264 e. The Balaban J connectivity index is 1.28. The summed E-state index contributed by atoms with van der Waals surface area (Å²) in [7, 11) is 0. The van der Waals surface area contributed by atoms with E-state index in [0.29, 0.717) is 6.61 Å². The van der Waals surface area contributed by atoms with Gasteiger partial charge in [0.2, 0.25) is 0 Å². The van der Waals surface area contributed by atoms with E-state index in [4.69, 9.17) is 4.74 Å². The van der Waals surface area contributed by atoms with Gasteiger partial charge in [0.15, 0.2) is 0 Å². The van der Waals surface area contributed by atoms with E-state index in [0.717, 1.165) is 41.5 Å². The highest BCUT2D eigenvalue weighted by Gasteiger charge is 2.51. The summed E-state index contributed by atoms with van der Waals surface area (Å²) in [5.74, 6) is 1.18. The maximum atomic E-state index is 12.5. The summed E-state index contributed by atoms with van der Waals surface area (Å²) in [6.07, 6.45) is 1.28. The molecule has 0 saturated carbocycles. The molecule has 4 heterocycles. The second-order valence-electron chi connectivity index (χ2n) is 6.97. The molecule has 1 amide bonds. The normalized spacial score (nSPS) is 21.5. The van der Waals surface area contributed by atoms with Crippen LogP contribution in [0.15, 0.2) is 30.3 Å². The van der Waals surface area contributed by atoms with Crippen LogP contribution in [0.4, 0.5) is 0 Å². The molecule has 2 aliphatic heterocycles. The Hall–Kier alpha value is -1.37. The van der Waals surface area contributed by atoms with Gasteiger partial charge in [-0.1, -0.05) is 6.07 Å². The van der Waals surface area contributed by atoms with Crippen LogP contribution in [0.5, 0.6) is 0 Å². The first-order chi connectivity index (χ1) is 12.0. The molecule has 0 radical (unpaired) electrons. The lowest BCUT2D eigenvalue weighted by Gasteiger charge is -2.47. The number of ether oxygens (including phenoxy) is 1. The Morgan fingerprint density at radius 3 is 2.88 bits per heavy atom. The molecule has 2 aliphatic rings. The van der Waals surface area contributed by atoms with Crippen molar-refractivity contribution in [2.75, 3.05) is 18.8 Å². The molecule has 0 aromatic carbocycles. The third kappa shape index (κ3) is 3.61. The number of carbonyl (C=O) groups excluding carboxylic acids is 1. The van der Waals surface area contributed by atoms with Crippen molar-refractivity contribution < 1.29 is 9.53 Å². The largest absolute Gasteiger partial charge is 0.371 e. The molecule has 0 aliphatic carbocycles. The molecular weight excluding hydrogens is 352 g/mol. The van der Waals surface area contributed by atoms with Crippen LogP contribution in [0.3, 0.4) is 0 Å². The highest BCUT2D eigenvalue weighted by Crippen LogP contribution is 2.46. The zero-order chi connectivity index (χ0) is 17.4. The third-order valence-electron chi connectivity index (χ3n) is 4.78. The molecule has 1 atom stereocenters. The van der Waals surface area contributed by atoms with Crippen LogP contribution in [-0.2, 0) is 11.3 Å². The number of likely N-dealkylation sites (tertiary alicyclic amines) is 1. The van der Waals surface area contributed by atoms with Gasteiger partial charge in [0.05, 0.1) is 28.0 Å². The molecule has 132 valence electrons. The van der Waals surface area contributed by atoms with Crippen LogP contribution in [0.1, 0.15) is 32.4 Å². The van der Waals surface area contributed by atoms with Gasteiger partial charge in [0.25, 0.3) is 5.91 Å². The first-order valence-corrected chi connectivity index (χ1v) is 10.4. The van der Waals surface area contributed by atoms with Crippen molar-refractivity contribution in [3.63, 3.8) is 0 Å². The van der Waals surface area contributed by atoms with Crippen LogP contribution in [0.2, 0.25) is 0 Å². The van der Waals surface area contributed by atoms with Gasteiger partial charge in [0.1, 0.15) is 0 Å². The van der Waals surface area contributed by atoms with E-state index in [1.165, 1.54) is 4.88 Å². The van der Waals surface area contributed by atoms with Crippen molar-refractivity contribution in [1.82, 2.24) is 9.88 Å². The van der Waals surface area contributed by atoms with Crippen molar-refractivity contribution in [1.29, 1.82) is 0 Å². The fourth-order valence-corrected chi connectivity index (χ4v) is 5.90. The first kappa shape index (κ1) is 17.1. The van der Waals surface area contributed by atoms with E-state index in [1.807, 2.05) is 60.8 Å². The predicted molar refractivity (Wildman–Crippen MR) is 102 cm³/mol. The minimum absolute atomic E-state index is 0.178. The minimum atomic E-state index is 0.178. The zero-order valence-electron chi connectivity index (χ0n) is 14.5. The van der Waals surface area contributed by atoms with Crippen molar-refractivity contribution in [3.05, 3.63) is 51.5 Å². The molecule has 4 nitrogen and oxygen atoms in total. The number of carbonyl (C=O) groups is 1.